The Labute approximate surface area is 53.4 Å². The monoisotopic (exact) mass is 140 g/mol. The van der Waals surface area contributed by atoms with Crippen molar-refractivity contribution < 1.29 is 0 Å². The summed E-state index contributed by atoms with van der Waals surface area (Å²) in [7, 11) is 0. The first-order valence-electron chi connectivity index (χ1n) is 1.80. The lowest BCUT2D eigenvalue weighted by molar-refractivity contribution is 0.304. The molecule has 10 heavy (non-hydrogen) atoms. The molecule has 0 N–H and O–H groups in total. The number of hydrogen-bond acceptors (Lipinski definition) is 3. The van der Waals surface area contributed by atoms with E-state index >= 15 is 0 Å². The summed E-state index contributed by atoms with van der Waals surface area (Å²) in [6.07, 6.45) is 0. The van der Waals surface area contributed by atoms with Crippen molar-refractivity contribution in [3.63, 3.8) is 0 Å². The molecule has 0 saturated heterocycles. The van der Waals surface area contributed by atoms with E-state index in [1.165, 1.54) is 0 Å². The molecule has 0 bridgehead atoms. The molecule has 0 spiro atoms. The Morgan fingerprint density at radius 2 is 1.10 bits per heavy atom. The molecule has 50 valence electrons. The molecular weight excluding hydrogens is 140 g/mol. The summed E-state index contributed by atoms with van der Waals surface area (Å²) in [6.45, 7) is 0. The minimum atomic E-state index is 0.167. The van der Waals surface area contributed by atoms with Gasteiger partial charge in [-0.25, -0.2) is 0 Å². The normalized spacial score (nSPS) is 6.00. The first-order valence-corrected chi connectivity index (χ1v) is 1.80. The molecule has 0 aromatic rings. The van der Waals surface area contributed by atoms with Gasteiger partial charge in [-0.1, -0.05) is 5.23 Å². The highest BCUT2D eigenvalue weighted by Gasteiger charge is 1.85. The average molecular weight is 140 g/mol. The van der Waals surface area contributed by atoms with Crippen molar-refractivity contribution in [1.29, 1.82) is 0 Å². The quantitative estimate of drug-likeness (QED) is 0.250. The highest BCUT2D eigenvalue weighted by Crippen LogP contribution is 1.91. The smallest absolute Gasteiger partial charge is 0.00477 e. The predicted octanol–water partition coefficient (Wildman–Crippen LogP) is 1.96. The van der Waals surface area contributed by atoms with E-state index < -0.39 is 0 Å². The van der Waals surface area contributed by atoms with Gasteiger partial charge in [-0.15, -0.1) is 16.6 Å². The highest BCUT2D eigenvalue weighted by atomic mass is 15.9. The molecule has 0 aromatic carbocycles. The molecule has 10 nitrogen and oxygen atoms in total. The lowest BCUT2D eigenvalue weighted by Crippen LogP contribution is -1.93. The second kappa shape index (κ2) is 4.88. The van der Waals surface area contributed by atoms with Crippen LogP contribution in [-0.2, 0) is 0 Å². The molecule has 0 aliphatic heterocycles. The van der Waals surface area contributed by atoms with Gasteiger partial charge in [-0.05, 0) is 0 Å². The molecule has 0 atom stereocenters. The van der Waals surface area contributed by atoms with Gasteiger partial charge in [0.2, 0.25) is 0 Å². The Kier molecular flexibility index (Phi) is 3.77. The molecule has 0 aliphatic rings. The SMILES string of the molecule is [N-]=[N+]=NN(N=[N+]=[N-])N=[N+]=[N-]. The number of rotatable bonds is 3. The third kappa shape index (κ3) is 2.83. The number of azide groups is 1. The summed E-state index contributed by atoms with van der Waals surface area (Å²) in [5, 5.41) is 8.20. The van der Waals surface area contributed by atoms with Gasteiger partial charge in [-0.3, -0.25) is 0 Å². The van der Waals surface area contributed by atoms with Gasteiger partial charge in [0.05, 0.1) is 0 Å². The molecule has 10 heteroatoms. The summed E-state index contributed by atoms with van der Waals surface area (Å²) in [4.78, 5) is 6.58. The first-order chi connectivity index (χ1) is 4.85. The fraction of sp³-hybridized carbons (Fsp3) is 0. The summed E-state index contributed by atoms with van der Waals surface area (Å²) < 4.78 is 0. The highest BCUT2D eigenvalue weighted by molar-refractivity contribution is 4.43. The molecule has 0 heterocycles. The van der Waals surface area contributed by atoms with Crippen molar-refractivity contribution in [2.75, 3.05) is 0 Å². The minimum absolute atomic E-state index is 0.167. The third-order valence-electron chi connectivity index (χ3n) is 0.360. The van der Waals surface area contributed by atoms with Crippen LogP contribution in [0.5, 0.6) is 0 Å². The summed E-state index contributed by atoms with van der Waals surface area (Å²) in [5.41, 5.74) is 23.2. The number of nitrogens with zero attached hydrogens (tertiary/aromatic N) is 10. The Bertz CT molecular complexity index is 184. The van der Waals surface area contributed by atoms with Crippen molar-refractivity contribution in [2.45, 2.75) is 0 Å². The van der Waals surface area contributed by atoms with Crippen LogP contribution in [0.2, 0.25) is 0 Å². The molecule has 0 fully saturated rings. The van der Waals surface area contributed by atoms with E-state index in [0.717, 1.165) is 0 Å². The largest absolute Gasteiger partial charge is 0.168 e. The van der Waals surface area contributed by atoms with Crippen LogP contribution in [0, 0.1) is 0 Å². The molecule has 0 unspecified atom stereocenters. The second-order valence-corrected chi connectivity index (χ2v) is 0.805. The molecule has 0 aromatic heterocycles. The van der Waals surface area contributed by atoms with Gasteiger partial charge in [0.15, 0.2) is 0 Å². The van der Waals surface area contributed by atoms with E-state index in [1.807, 2.05) is 0 Å². The van der Waals surface area contributed by atoms with Gasteiger partial charge < -0.3 is 0 Å². The lowest BCUT2D eigenvalue weighted by atomic mass is 12.1. The summed E-state index contributed by atoms with van der Waals surface area (Å²) in [6, 6.07) is 0. The van der Waals surface area contributed by atoms with Crippen LogP contribution in [0.4, 0.5) is 0 Å². The molecule has 0 rings (SSSR count). The predicted molar refractivity (Wildman–Crippen MR) is 29.3 cm³/mol. The number of hydrogen-bond donors (Lipinski definition) is 0. The zero-order valence-electron chi connectivity index (χ0n) is 4.47. The Morgan fingerprint density at radius 3 is 1.30 bits per heavy atom. The van der Waals surface area contributed by atoms with Crippen LogP contribution in [-0.4, -0.2) is 5.23 Å². The van der Waals surface area contributed by atoms with Crippen molar-refractivity contribution in [3.8, 4) is 0 Å². The maximum Gasteiger partial charge on any atom is 0.00477 e. The van der Waals surface area contributed by atoms with E-state index in [9.17, 15) is 0 Å². The van der Waals surface area contributed by atoms with Crippen LogP contribution in [0.1, 0.15) is 0 Å². The fourth-order valence-electron chi connectivity index (χ4n) is 0.161. The van der Waals surface area contributed by atoms with Crippen molar-refractivity contribution >= 4 is 0 Å². The zero-order chi connectivity index (χ0) is 7.82. The Morgan fingerprint density at radius 1 is 0.800 bits per heavy atom. The third-order valence-corrected chi connectivity index (χ3v) is 0.360. The fourth-order valence-corrected chi connectivity index (χ4v) is 0.161. The zero-order valence-corrected chi connectivity index (χ0v) is 4.47. The van der Waals surface area contributed by atoms with Gasteiger partial charge in [-0.2, -0.15) is 14.7 Å². The lowest BCUT2D eigenvalue weighted by Gasteiger charge is -1.94. The van der Waals surface area contributed by atoms with E-state index in [2.05, 4.69) is 30.4 Å². The van der Waals surface area contributed by atoms with E-state index in [4.69, 9.17) is 16.6 Å². The molecule has 0 radical (unpaired) electrons. The van der Waals surface area contributed by atoms with Gasteiger partial charge in [0.1, 0.15) is 0 Å². The summed E-state index contributed by atoms with van der Waals surface area (Å²) >= 11 is 0. The molecule has 0 saturated carbocycles. The Balaban J connectivity index is 4.39. The van der Waals surface area contributed by atoms with Gasteiger partial charge in [0.25, 0.3) is 0 Å². The van der Waals surface area contributed by atoms with E-state index in [0.29, 0.717) is 0 Å². The average Bonchev–Trinajstić information content (AvgIpc) is 1.90. The topological polar surface area (TPSA) is 150 Å². The summed E-state index contributed by atoms with van der Waals surface area (Å²) in [5.74, 6) is 0. The van der Waals surface area contributed by atoms with E-state index in [1.54, 1.807) is 0 Å². The second-order valence-electron chi connectivity index (χ2n) is 0.805. The van der Waals surface area contributed by atoms with Crippen LogP contribution < -0.4 is 0 Å². The maximum atomic E-state index is 7.74. The molecule has 0 amide bonds. The van der Waals surface area contributed by atoms with Crippen LogP contribution in [0.25, 0.3) is 31.3 Å². The minimum Gasteiger partial charge on any atom is -0.168 e. The Hall–Kier alpha value is -2.27. The van der Waals surface area contributed by atoms with Crippen molar-refractivity contribution in [3.05, 3.63) is 31.3 Å². The van der Waals surface area contributed by atoms with Crippen LogP contribution >= 0.6 is 0 Å². The van der Waals surface area contributed by atoms with Crippen LogP contribution in [0.3, 0.4) is 0 Å². The molecule has 0 aliphatic carbocycles. The standard InChI is InChI=1S/N10/c1-4-7-10(8-5-2)9-6-3. The maximum absolute atomic E-state index is 7.74. The molecular formula is N10. The van der Waals surface area contributed by atoms with Crippen LogP contribution in [0.15, 0.2) is 15.7 Å². The van der Waals surface area contributed by atoms with Gasteiger partial charge in [0, 0.05) is 15.7 Å². The van der Waals surface area contributed by atoms with Crippen molar-refractivity contribution in [2.24, 2.45) is 15.7 Å². The van der Waals surface area contributed by atoms with E-state index in [-0.39, 0.29) is 5.23 Å². The first kappa shape index (κ1) is 7.73. The van der Waals surface area contributed by atoms with Crippen molar-refractivity contribution in [1.82, 2.24) is 5.23 Å². The van der Waals surface area contributed by atoms with Gasteiger partial charge >= 0.3 is 0 Å².